The minimum absolute atomic E-state index is 0. The molecule has 41 valence electrons. The summed E-state index contributed by atoms with van der Waals surface area (Å²) in [4.78, 5) is 18.2. The van der Waals surface area contributed by atoms with Crippen LogP contribution in [0.1, 0.15) is 0 Å². The minimum Gasteiger partial charge on any atom is 0 e. The Morgan fingerprint density at radius 1 is 1.00 bits per heavy atom. The van der Waals surface area contributed by atoms with Gasteiger partial charge in [-0.25, -0.2) is 9.59 Å². The molecule has 0 saturated carbocycles. The van der Waals surface area contributed by atoms with E-state index < -0.39 is 11.9 Å². The second-order valence-corrected chi connectivity index (χ2v) is 0.610. The second-order valence-electron chi connectivity index (χ2n) is 0.610. The van der Waals surface area contributed by atoms with Crippen LogP contribution < -0.4 is 0 Å². The summed E-state index contributed by atoms with van der Waals surface area (Å²) in [5.74, 6) is -3.65. The van der Waals surface area contributed by atoms with Crippen molar-refractivity contribution in [2.24, 2.45) is 0 Å². The molecule has 4 nitrogen and oxygen atoms in total. The van der Waals surface area contributed by atoms with Crippen LogP contribution in [0.3, 0.4) is 0 Å². The maximum atomic E-state index is 9.10. The largest absolute Gasteiger partial charge is 0 e. The van der Waals surface area contributed by atoms with Gasteiger partial charge in [0.25, 0.3) is 0 Å². The molecular weight excluding hydrogens is 146 g/mol. The number of hydrogen-bond donors (Lipinski definition) is 2. The maximum absolute atomic E-state index is 9.10. The molecule has 2 N–H and O–H groups in total. The van der Waals surface area contributed by atoms with Gasteiger partial charge in [-0.05, 0) is 0 Å². The summed E-state index contributed by atoms with van der Waals surface area (Å²) in [7, 11) is 0. The van der Waals surface area contributed by atoms with Crippen molar-refractivity contribution in [1.29, 1.82) is 0 Å². The number of aliphatic carboxylic acids is 2. The fraction of sp³-hybridized carbons (Fsp3) is 0. The van der Waals surface area contributed by atoms with Gasteiger partial charge in [0.1, 0.15) is 0 Å². The standard InChI is InChI=1S/C2H2O4.Li.V.H/c3-1(4)2(5)6;;;/h(H,3,4)(H,5,6);;;. The summed E-state index contributed by atoms with van der Waals surface area (Å²) in [6.07, 6.45) is 0. The molecule has 0 aromatic heterocycles. The Bertz CT molecular complexity index is 80.0. The molecule has 0 fully saturated rings. The number of carbonyl (C=O) groups is 2. The van der Waals surface area contributed by atoms with Crippen LogP contribution in [0, 0.1) is 0 Å². The molecule has 0 bridgehead atoms. The minimum atomic E-state index is -1.82. The van der Waals surface area contributed by atoms with Gasteiger partial charge >= 0.3 is 30.8 Å². The van der Waals surface area contributed by atoms with Crippen molar-refractivity contribution >= 4 is 30.8 Å². The van der Waals surface area contributed by atoms with Crippen LogP contribution in [-0.4, -0.2) is 41.0 Å². The summed E-state index contributed by atoms with van der Waals surface area (Å²) in [6.45, 7) is 0. The summed E-state index contributed by atoms with van der Waals surface area (Å²) in [5.41, 5.74) is 0. The van der Waals surface area contributed by atoms with Gasteiger partial charge in [0.05, 0.1) is 0 Å². The first kappa shape index (κ1) is 15.7. The zero-order chi connectivity index (χ0) is 5.15. The molecule has 0 aromatic rings. The first-order valence-electron chi connectivity index (χ1n) is 1.11. The first-order valence-corrected chi connectivity index (χ1v) is 1.11. The Morgan fingerprint density at radius 3 is 1.12 bits per heavy atom. The van der Waals surface area contributed by atoms with Crippen molar-refractivity contribution in [2.45, 2.75) is 0 Å². The predicted molar refractivity (Wildman–Crippen MR) is 22.4 cm³/mol. The van der Waals surface area contributed by atoms with E-state index in [9.17, 15) is 0 Å². The molecule has 0 saturated heterocycles. The second kappa shape index (κ2) is 7.12. The first-order chi connectivity index (χ1) is 2.64. The number of hydrogen-bond acceptors (Lipinski definition) is 2. The van der Waals surface area contributed by atoms with Crippen LogP contribution in [0.5, 0.6) is 0 Å². The zero-order valence-electron chi connectivity index (χ0n) is 3.16. The zero-order valence-corrected chi connectivity index (χ0v) is 4.55. The van der Waals surface area contributed by atoms with E-state index in [1.807, 2.05) is 0 Å². The van der Waals surface area contributed by atoms with Crippen molar-refractivity contribution < 1.29 is 38.4 Å². The van der Waals surface area contributed by atoms with Crippen molar-refractivity contribution in [3.8, 4) is 0 Å². The van der Waals surface area contributed by atoms with Gasteiger partial charge in [-0.3, -0.25) is 0 Å². The third kappa shape index (κ3) is 9.45. The van der Waals surface area contributed by atoms with Crippen LogP contribution in [-0.2, 0) is 28.1 Å². The Labute approximate surface area is 69.3 Å². The van der Waals surface area contributed by atoms with Gasteiger partial charge in [0, 0.05) is 18.6 Å². The third-order valence-electron chi connectivity index (χ3n) is 0.183. The number of rotatable bonds is 0. The molecule has 8 heavy (non-hydrogen) atoms. The molecule has 0 aliphatic rings. The quantitative estimate of drug-likeness (QED) is 0.324. The van der Waals surface area contributed by atoms with Crippen LogP contribution in [0.25, 0.3) is 0 Å². The van der Waals surface area contributed by atoms with Crippen LogP contribution in [0.2, 0.25) is 0 Å². The van der Waals surface area contributed by atoms with Gasteiger partial charge in [-0.1, -0.05) is 0 Å². The molecule has 0 spiro atoms. The normalized spacial score (nSPS) is 5.50. The van der Waals surface area contributed by atoms with Crippen molar-refractivity contribution in [3.05, 3.63) is 0 Å². The molecule has 6 heteroatoms. The summed E-state index contributed by atoms with van der Waals surface area (Å²) in [5, 5.41) is 14.8. The van der Waals surface area contributed by atoms with E-state index >= 15 is 0 Å². The molecule has 0 aliphatic heterocycles. The van der Waals surface area contributed by atoms with E-state index in [0.29, 0.717) is 0 Å². The van der Waals surface area contributed by atoms with Crippen molar-refractivity contribution in [2.75, 3.05) is 0 Å². The Kier molecular flexibility index (Phi) is 14.0. The summed E-state index contributed by atoms with van der Waals surface area (Å²) < 4.78 is 0. The Balaban J connectivity index is -0.000000125. The molecule has 0 unspecified atom stereocenters. The average molecular weight is 149 g/mol. The van der Waals surface area contributed by atoms with Crippen molar-refractivity contribution in [3.63, 3.8) is 0 Å². The van der Waals surface area contributed by atoms with E-state index in [0.717, 1.165) is 0 Å². The molecule has 0 amide bonds. The van der Waals surface area contributed by atoms with E-state index in [1.54, 1.807) is 0 Å². The SMILES string of the molecule is O=C(O)C(=O)O.[LiH].[V]. The topological polar surface area (TPSA) is 74.6 Å². The van der Waals surface area contributed by atoms with Gasteiger partial charge < -0.3 is 10.2 Å². The molecule has 0 heterocycles. The Hall–Kier alpha value is 0.122. The van der Waals surface area contributed by atoms with E-state index in [2.05, 4.69) is 0 Å². The summed E-state index contributed by atoms with van der Waals surface area (Å²) in [6, 6.07) is 0. The fourth-order valence-corrected chi connectivity index (χ4v) is 0. The molecule has 0 atom stereocenters. The van der Waals surface area contributed by atoms with E-state index in [-0.39, 0.29) is 37.4 Å². The van der Waals surface area contributed by atoms with Crippen LogP contribution in [0.15, 0.2) is 0 Å². The molecule has 0 aromatic carbocycles. The number of carboxylic acids is 2. The van der Waals surface area contributed by atoms with Gasteiger partial charge in [0.2, 0.25) is 0 Å². The van der Waals surface area contributed by atoms with Crippen LogP contribution >= 0.6 is 0 Å². The monoisotopic (exact) mass is 149 g/mol. The van der Waals surface area contributed by atoms with Crippen LogP contribution in [0.4, 0.5) is 0 Å². The maximum Gasteiger partial charge on any atom is 0 e. The molecule has 0 aliphatic carbocycles. The molecule has 1 radical (unpaired) electrons. The molecule has 0 rings (SSSR count). The third-order valence-corrected chi connectivity index (χ3v) is 0.183. The average Bonchev–Trinajstić information content (AvgIpc) is 1.36. The number of carboxylic acid groups (broad SMARTS) is 2. The Morgan fingerprint density at radius 2 is 1.12 bits per heavy atom. The van der Waals surface area contributed by atoms with Gasteiger partial charge in [-0.15, -0.1) is 0 Å². The predicted octanol–water partition coefficient (Wildman–Crippen LogP) is -1.50. The summed E-state index contributed by atoms with van der Waals surface area (Å²) >= 11 is 0. The van der Waals surface area contributed by atoms with Crippen molar-refractivity contribution in [1.82, 2.24) is 0 Å². The smallest absolute Gasteiger partial charge is 0 e. The molecular formula is C2H3LiO4V. The fourth-order valence-electron chi connectivity index (χ4n) is 0. The van der Waals surface area contributed by atoms with Gasteiger partial charge in [-0.2, -0.15) is 0 Å². The van der Waals surface area contributed by atoms with Gasteiger partial charge in [0.15, 0.2) is 0 Å². The van der Waals surface area contributed by atoms with E-state index in [4.69, 9.17) is 19.8 Å². The van der Waals surface area contributed by atoms with E-state index in [1.165, 1.54) is 0 Å².